The second-order valence-electron chi connectivity index (χ2n) is 3.86. The minimum absolute atomic E-state index is 0.0365. The van der Waals surface area contributed by atoms with Gasteiger partial charge in [-0.15, -0.1) is 0 Å². The van der Waals surface area contributed by atoms with Crippen LogP contribution in [0.2, 0.25) is 5.02 Å². The summed E-state index contributed by atoms with van der Waals surface area (Å²) >= 11 is 5.77. The Morgan fingerprint density at radius 1 is 1.33 bits per heavy atom. The van der Waals surface area contributed by atoms with Crippen LogP contribution in [-0.2, 0) is 0 Å². The van der Waals surface area contributed by atoms with Crippen LogP contribution in [0.5, 0.6) is 0 Å². The van der Waals surface area contributed by atoms with Crippen LogP contribution >= 0.6 is 11.6 Å². The smallest absolute Gasteiger partial charge is 0.178 e. The van der Waals surface area contributed by atoms with Crippen molar-refractivity contribution in [2.24, 2.45) is 0 Å². The van der Waals surface area contributed by atoms with Crippen LogP contribution in [0.3, 0.4) is 0 Å². The molecule has 0 saturated heterocycles. The molecule has 0 aromatic carbocycles. The summed E-state index contributed by atoms with van der Waals surface area (Å²) in [6.45, 7) is 1.88. The molecule has 0 saturated carbocycles. The van der Waals surface area contributed by atoms with E-state index in [4.69, 9.17) is 11.6 Å². The van der Waals surface area contributed by atoms with Crippen LogP contribution in [-0.4, -0.2) is 19.4 Å². The van der Waals surface area contributed by atoms with Gasteiger partial charge in [-0.3, -0.25) is 4.40 Å². The van der Waals surface area contributed by atoms with Crippen molar-refractivity contribution in [1.82, 2.24) is 19.4 Å². The second kappa shape index (κ2) is 4.03. The topological polar surface area (TPSA) is 43.1 Å². The third-order valence-corrected chi connectivity index (χ3v) is 2.85. The summed E-state index contributed by atoms with van der Waals surface area (Å²) in [5, 5.41) is 0.0365. The molecule has 0 fully saturated rings. The predicted molar refractivity (Wildman–Crippen MR) is 65.9 cm³/mol. The van der Waals surface area contributed by atoms with Crippen molar-refractivity contribution in [2.75, 3.05) is 0 Å². The molecule has 3 rings (SSSR count). The average molecular weight is 263 g/mol. The SMILES string of the molecule is Cc1ccnc(-c2cnc3cc(F)c(Cl)cn23)n1. The van der Waals surface area contributed by atoms with Crippen LogP contribution in [0.15, 0.2) is 30.7 Å². The minimum Gasteiger partial charge on any atom is -0.295 e. The van der Waals surface area contributed by atoms with E-state index in [-0.39, 0.29) is 5.02 Å². The zero-order valence-corrected chi connectivity index (χ0v) is 10.2. The largest absolute Gasteiger partial charge is 0.295 e. The molecule has 90 valence electrons. The molecule has 3 heterocycles. The molecule has 0 atom stereocenters. The van der Waals surface area contributed by atoms with E-state index < -0.39 is 5.82 Å². The van der Waals surface area contributed by atoms with Crippen molar-refractivity contribution >= 4 is 17.2 Å². The first-order valence-corrected chi connectivity index (χ1v) is 5.65. The van der Waals surface area contributed by atoms with Crippen LogP contribution < -0.4 is 0 Å². The number of fused-ring (bicyclic) bond motifs is 1. The van der Waals surface area contributed by atoms with Gasteiger partial charge in [-0.05, 0) is 13.0 Å². The molecular weight excluding hydrogens is 255 g/mol. The van der Waals surface area contributed by atoms with Gasteiger partial charge < -0.3 is 0 Å². The maximum absolute atomic E-state index is 13.3. The number of aryl methyl sites for hydroxylation is 1. The molecular formula is C12H8ClFN4. The van der Waals surface area contributed by atoms with E-state index in [1.54, 1.807) is 22.9 Å². The fourth-order valence-electron chi connectivity index (χ4n) is 1.71. The van der Waals surface area contributed by atoms with E-state index in [0.717, 1.165) is 5.69 Å². The lowest BCUT2D eigenvalue weighted by Gasteiger charge is -2.02. The summed E-state index contributed by atoms with van der Waals surface area (Å²) in [5.41, 5.74) is 2.00. The Kier molecular flexibility index (Phi) is 2.48. The van der Waals surface area contributed by atoms with Crippen molar-refractivity contribution in [3.05, 3.63) is 47.3 Å². The van der Waals surface area contributed by atoms with Gasteiger partial charge in [-0.25, -0.2) is 19.3 Å². The lowest BCUT2D eigenvalue weighted by molar-refractivity contribution is 0.627. The second-order valence-corrected chi connectivity index (χ2v) is 4.27. The fourth-order valence-corrected chi connectivity index (χ4v) is 1.86. The molecule has 0 radical (unpaired) electrons. The summed E-state index contributed by atoms with van der Waals surface area (Å²) in [4.78, 5) is 12.6. The van der Waals surface area contributed by atoms with Gasteiger partial charge in [0.05, 0.1) is 11.2 Å². The van der Waals surface area contributed by atoms with Crippen molar-refractivity contribution in [1.29, 1.82) is 0 Å². The molecule has 3 aromatic heterocycles. The summed E-state index contributed by atoms with van der Waals surface area (Å²) in [7, 11) is 0. The Balaban J connectivity index is 2.27. The maximum atomic E-state index is 13.3. The van der Waals surface area contributed by atoms with E-state index in [2.05, 4.69) is 15.0 Å². The zero-order chi connectivity index (χ0) is 12.7. The molecule has 0 unspecified atom stereocenters. The van der Waals surface area contributed by atoms with Gasteiger partial charge >= 0.3 is 0 Å². The van der Waals surface area contributed by atoms with Gasteiger partial charge in [0, 0.05) is 24.2 Å². The van der Waals surface area contributed by atoms with Crippen molar-refractivity contribution in [3.8, 4) is 11.5 Å². The third-order valence-electron chi connectivity index (χ3n) is 2.58. The normalized spacial score (nSPS) is 11.1. The Labute approximate surface area is 107 Å². The van der Waals surface area contributed by atoms with Crippen LogP contribution in [0, 0.1) is 12.7 Å². The highest BCUT2D eigenvalue weighted by Crippen LogP contribution is 2.21. The molecule has 0 spiro atoms. The van der Waals surface area contributed by atoms with Gasteiger partial charge in [-0.2, -0.15) is 0 Å². The van der Waals surface area contributed by atoms with Crippen LogP contribution in [0.25, 0.3) is 17.2 Å². The van der Waals surface area contributed by atoms with Gasteiger partial charge in [0.2, 0.25) is 0 Å². The third kappa shape index (κ3) is 1.73. The summed E-state index contributed by atoms with van der Waals surface area (Å²) in [5.74, 6) is 0.0386. The van der Waals surface area contributed by atoms with Gasteiger partial charge in [0.15, 0.2) is 5.82 Å². The number of pyridine rings is 1. The van der Waals surface area contributed by atoms with Crippen LogP contribution in [0.4, 0.5) is 4.39 Å². The number of hydrogen-bond donors (Lipinski definition) is 0. The summed E-state index contributed by atoms with van der Waals surface area (Å²) in [6, 6.07) is 3.08. The molecule has 3 aromatic rings. The molecule has 0 aliphatic heterocycles. The van der Waals surface area contributed by atoms with Gasteiger partial charge in [0.25, 0.3) is 0 Å². The zero-order valence-electron chi connectivity index (χ0n) is 9.43. The maximum Gasteiger partial charge on any atom is 0.178 e. The van der Waals surface area contributed by atoms with Crippen molar-refractivity contribution in [3.63, 3.8) is 0 Å². The Morgan fingerprint density at radius 2 is 2.17 bits per heavy atom. The average Bonchev–Trinajstić information content (AvgIpc) is 2.73. The number of aromatic nitrogens is 4. The number of nitrogens with zero attached hydrogens (tertiary/aromatic N) is 4. The quantitative estimate of drug-likeness (QED) is 0.677. The van der Waals surface area contributed by atoms with Crippen molar-refractivity contribution in [2.45, 2.75) is 6.92 Å². The van der Waals surface area contributed by atoms with E-state index >= 15 is 0 Å². The van der Waals surface area contributed by atoms with Gasteiger partial charge in [-0.1, -0.05) is 11.6 Å². The molecule has 4 nitrogen and oxygen atoms in total. The lowest BCUT2D eigenvalue weighted by Crippen LogP contribution is -1.95. The number of hydrogen-bond acceptors (Lipinski definition) is 3. The molecule has 0 aliphatic carbocycles. The highest BCUT2D eigenvalue weighted by atomic mass is 35.5. The first-order valence-electron chi connectivity index (χ1n) is 5.27. The van der Waals surface area contributed by atoms with Crippen molar-refractivity contribution < 1.29 is 4.39 Å². The lowest BCUT2D eigenvalue weighted by atomic mass is 10.3. The first kappa shape index (κ1) is 11.1. The fraction of sp³-hybridized carbons (Fsp3) is 0.0833. The first-order chi connectivity index (χ1) is 8.65. The van der Waals surface area contributed by atoms with E-state index in [0.29, 0.717) is 17.2 Å². The molecule has 6 heteroatoms. The highest BCUT2D eigenvalue weighted by Gasteiger charge is 2.11. The molecule has 0 aliphatic rings. The summed E-state index contributed by atoms with van der Waals surface area (Å²) in [6.07, 6.45) is 4.74. The van der Waals surface area contributed by atoms with E-state index in [9.17, 15) is 4.39 Å². The highest BCUT2D eigenvalue weighted by molar-refractivity contribution is 6.30. The van der Waals surface area contributed by atoms with E-state index in [1.807, 2.05) is 6.92 Å². The molecule has 0 amide bonds. The van der Waals surface area contributed by atoms with E-state index in [1.165, 1.54) is 12.3 Å². The molecule has 0 N–H and O–H groups in total. The molecule has 0 bridgehead atoms. The number of imidazole rings is 1. The number of rotatable bonds is 1. The Bertz CT molecular complexity index is 738. The van der Waals surface area contributed by atoms with Crippen LogP contribution in [0.1, 0.15) is 5.69 Å². The summed E-state index contributed by atoms with van der Waals surface area (Å²) < 4.78 is 15.0. The Hall–Kier alpha value is -2.01. The predicted octanol–water partition coefficient (Wildman–Crippen LogP) is 2.89. The number of halogens is 2. The monoisotopic (exact) mass is 262 g/mol. The van der Waals surface area contributed by atoms with Gasteiger partial charge in [0.1, 0.15) is 17.2 Å². The molecule has 18 heavy (non-hydrogen) atoms. The standard InChI is InChI=1S/C12H8ClFN4/c1-7-2-3-15-12(17-7)10-5-16-11-4-9(14)8(13)6-18(10)11/h2-6H,1H3. The minimum atomic E-state index is -0.494. The Morgan fingerprint density at radius 3 is 2.94 bits per heavy atom.